The van der Waals surface area contributed by atoms with Gasteiger partial charge in [0.05, 0.1) is 3.81 Å². The number of hydrogen-bond donors (Lipinski definition) is 1. The molecule has 0 aliphatic carbocycles. The van der Waals surface area contributed by atoms with Gasteiger partial charge in [0.15, 0.2) is 0 Å². The Bertz CT molecular complexity index is 275. The lowest BCUT2D eigenvalue weighted by Gasteiger charge is -2.25. The number of thioether (sulfide) groups is 1. The van der Waals surface area contributed by atoms with Crippen LogP contribution >= 0.6 is 27.7 Å². The summed E-state index contributed by atoms with van der Waals surface area (Å²) in [6.07, 6.45) is 1.20. The van der Waals surface area contributed by atoms with Crippen LogP contribution in [0.15, 0.2) is 10.0 Å². The summed E-state index contributed by atoms with van der Waals surface area (Å²) in [4.78, 5) is 12.9. The van der Waals surface area contributed by atoms with Gasteiger partial charge in [0, 0.05) is 6.20 Å². The van der Waals surface area contributed by atoms with Crippen LogP contribution in [-0.2, 0) is 4.74 Å². The molecule has 0 radical (unpaired) electrons. The topological polar surface area (TPSA) is 55.6 Å². The predicted molar refractivity (Wildman–Crippen MR) is 60.6 cm³/mol. The van der Waals surface area contributed by atoms with Gasteiger partial charge in [-0.25, -0.2) is 4.79 Å². The maximum absolute atomic E-state index is 11.6. The third kappa shape index (κ3) is 3.18. The molecular weight excluding hydrogens is 268 g/mol. The van der Waals surface area contributed by atoms with Crippen molar-refractivity contribution in [1.29, 1.82) is 0 Å². The summed E-state index contributed by atoms with van der Waals surface area (Å²) in [5, 5.41) is 0. The SMILES string of the molecule is CC(C)(C)OC(=O)N1C=C(Br)S[C@@H]1N. The average molecular weight is 281 g/mol. The lowest BCUT2D eigenvalue weighted by atomic mass is 10.2. The summed E-state index contributed by atoms with van der Waals surface area (Å²) in [5.74, 6) is 0. The van der Waals surface area contributed by atoms with Gasteiger partial charge in [-0.2, -0.15) is 0 Å². The molecule has 6 heteroatoms. The summed E-state index contributed by atoms with van der Waals surface area (Å²) < 4.78 is 6.00. The van der Waals surface area contributed by atoms with E-state index in [1.165, 1.54) is 16.7 Å². The molecule has 0 fully saturated rings. The Hall–Kier alpha value is -0.200. The first kappa shape index (κ1) is 11.9. The molecule has 1 aliphatic rings. The van der Waals surface area contributed by atoms with Crippen LogP contribution in [0, 0.1) is 0 Å². The molecule has 0 aromatic carbocycles. The van der Waals surface area contributed by atoms with E-state index in [1.807, 2.05) is 20.8 Å². The molecule has 0 saturated heterocycles. The van der Waals surface area contributed by atoms with E-state index in [4.69, 9.17) is 10.5 Å². The molecule has 4 nitrogen and oxygen atoms in total. The number of hydrogen-bond acceptors (Lipinski definition) is 4. The first-order valence-corrected chi connectivity index (χ1v) is 5.78. The van der Waals surface area contributed by atoms with E-state index in [2.05, 4.69) is 15.9 Å². The van der Waals surface area contributed by atoms with Crippen LogP contribution in [0.1, 0.15) is 20.8 Å². The van der Waals surface area contributed by atoms with E-state index >= 15 is 0 Å². The van der Waals surface area contributed by atoms with Gasteiger partial charge < -0.3 is 10.5 Å². The van der Waals surface area contributed by atoms with Crippen LogP contribution < -0.4 is 5.73 Å². The van der Waals surface area contributed by atoms with Crippen molar-refractivity contribution in [1.82, 2.24) is 4.90 Å². The van der Waals surface area contributed by atoms with Crippen molar-refractivity contribution in [2.75, 3.05) is 0 Å². The monoisotopic (exact) mass is 280 g/mol. The molecule has 0 bridgehead atoms. The van der Waals surface area contributed by atoms with Crippen LogP contribution in [0.3, 0.4) is 0 Å². The van der Waals surface area contributed by atoms with Crippen molar-refractivity contribution < 1.29 is 9.53 Å². The zero-order valence-corrected chi connectivity index (χ0v) is 10.7. The molecule has 1 rings (SSSR count). The minimum atomic E-state index is -0.496. The number of carbonyl (C=O) groups is 1. The van der Waals surface area contributed by atoms with Crippen molar-refractivity contribution in [2.24, 2.45) is 5.73 Å². The van der Waals surface area contributed by atoms with Gasteiger partial charge in [-0.3, -0.25) is 4.90 Å². The molecule has 0 saturated carbocycles. The highest BCUT2D eigenvalue weighted by Crippen LogP contribution is 2.34. The lowest BCUT2D eigenvalue weighted by Crippen LogP contribution is -2.40. The van der Waals surface area contributed by atoms with Crippen LogP contribution in [0.2, 0.25) is 0 Å². The van der Waals surface area contributed by atoms with Gasteiger partial charge >= 0.3 is 6.09 Å². The fourth-order valence-electron chi connectivity index (χ4n) is 0.857. The summed E-state index contributed by atoms with van der Waals surface area (Å²) >= 11 is 4.63. The van der Waals surface area contributed by atoms with Crippen LogP contribution in [0.25, 0.3) is 0 Å². The van der Waals surface area contributed by atoms with Gasteiger partial charge in [0.2, 0.25) is 0 Å². The quantitative estimate of drug-likeness (QED) is 0.740. The van der Waals surface area contributed by atoms with Crippen LogP contribution in [0.5, 0.6) is 0 Å². The summed E-state index contributed by atoms with van der Waals surface area (Å²) in [7, 11) is 0. The Morgan fingerprint density at radius 1 is 1.71 bits per heavy atom. The van der Waals surface area contributed by atoms with E-state index in [0.717, 1.165) is 3.81 Å². The fraction of sp³-hybridized carbons (Fsp3) is 0.625. The van der Waals surface area contributed by atoms with Gasteiger partial charge in [0.1, 0.15) is 11.1 Å². The number of rotatable bonds is 0. The van der Waals surface area contributed by atoms with E-state index in [-0.39, 0.29) is 0 Å². The van der Waals surface area contributed by atoms with Gasteiger partial charge in [-0.15, -0.1) is 0 Å². The largest absolute Gasteiger partial charge is 0.443 e. The Balaban J connectivity index is 2.62. The second kappa shape index (κ2) is 4.12. The normalized spacial score (nSPS) is 22.2. The lowest BCUT2D eigenvalue weighted by molar-refractivity contribution is 0.0327. The Kier molecular flexibility index (Phi) is 3.49. The molecule has 0 unspecified atom stereocenters. The third-order valence-corrected chi connectivity index (χ3v) is 2.92. The third-order valence-electron chi connectivity index (χ3n) is 1.35. The van der Waals surface area contributed by atoms with Crippen molar-refractivity contribution >= 4 is 33.8 Å². The molecule has 14 heavy (non-hydrogen) atoms. The number of amides is 1. The van der Waals surface area contributed by atoms with E-state index in [1.54, 1.807) is 6.20 Å². The summed E-state index contributed by atoms with van der Waals surface area (Å²) in [5.41, 5.74) is 4.80. The number of carbonyl (C=O) groups excluding carboxylic acids is 1. The Labute approximate surface area is 96.0 Å². The number of nitrogens with zero attached hydrogens (tertiary/aromatic N) is 1. The Morgan fingerprint density at radius 3 is 2.64 bits per heavy atom. The molecule has 1 aliphatic heterocycles. The molecule has 0 aromatic rings. The molecule has 2 N–H and O–H groups in total. The fourth-order valence-corrected chi connectivity index (χ4v) is 2.32. The number of ether oxygens (including phenoxy) is 1. The van der Waals surface area contributed by atoms with Crippen molar-refractivity contribution in [3.05, 3.63) is 10.0 Å². The molecule has 1 amide bonds. The average Bonchev–Trinajstić information content (AvgIpc) is 2.26. The van der Waals surface area contributed by atoms with Gasteiger partial charge in [-0.1, -0.05) is 11.8 Å². The minimum Gasteiger partial charge on any atom is -0.443 e. The maximum atomic E-state index is 11.6. The molecule has 0 spiro atoms. The van der Waals surface area contributed by atoms with E-state index in [0.29, 0.717) is 0 Å². The smallest absolute Gasteiger partial charge is 0.416 e. The molecule has 1 heterocycles. The molecule has 0 aromatic heterocycles. The number of halogens is 1. The second-order valence-corrected chi connectivity index (χ2v) is 6.37. The minimum absolute atomic E-state index is 0.403. The zero-order valence-electron chi connectivity index (χ0n) is 8.28. The van der Waals surface area contributed by atoms with Crippen molar-refractivity contribution in [3.8, 4) is 0 Å². The molecular formula is C8H13BrN2O2S. The number of nitrogens with two attached hydrogens (primary N) is 1. The highest BCUT2D eigenvalue weighted by molar-refractivity contribution is 9.14. The second-order valence-electron chi connectivity index (χ2n) is 3.83. The van der Waals surface area contributed by atoms with E-state index < -0.39 is 17.2 Å². The van der Waals surface area contributed by atoms with Crippen molar-refractivity contribution in [3.63, 3.8) is 0 Å². The highest BCUT2D eigenvalue weighted by atomic mass is 79.9. The first-order valence-electron chi connectivity index (χ1n) is 4.10. The van der Waals surface area contributed by atoms with Crippen molar-refractivity contribution in [2.45, 2.75) is 31.9 Å². The predicted octanol–water partition coefficient (Wildman–Crippen LogP) is 2.41. The highest BCUT2D eigenvalue weighted by Gasteiger charge is 2.29. The zero-order chi connectivity index (χ0) is 10.9. The van der Waals surface area contributed by atoms with Crippen LogP contribution in [-0.4, -0.2) is 22.1 Å². The van der Waals surface area contributed by atoms with Gasteiger partial charge in [-0.05, 0) is 36.7 Å². The molecule has 80 valence electrons. The Morgan fingerprint density at radius 2 is 2.29 bits per heavy atom. The van der Waals surface area contributed by atoms with Crippen LogP contribution in [0.4, 0.5) is 4.79 Å². The van der Waals surface area contributed by atoms with E-state index in [9.17, 15) is 4.79 Å². The summed E-state index contributed by atoms with van der Waals surface area (Å²) in [6.45, 7) is 5.45. The first-order chi connectivity index (χ1) is 6.29. The maximum Gasteiger partial charge on any atom is 0.416 e. The molecule has 1 atom stereocenters. The standard InChI is InChI=1S/C8H13BrN2O2S/c1-8(2,3)13-7(12)11-4-5(9)14-6(11)10/h4,6H,10H2,1-3H3/t6-/m1/s1. The summed E-state index contributed by atoms with van der Waals surface area (Å²) in [6, 6.07) is 0. The van der Waals surface area contributed by atoms with Gasteiger partial charge in [0.25, 0.3) is 0 Å².